The number of fused-ring (bicyclic) bond motifs is 1. The molecule has 28 heavy (non-hydrogen) atoms. The van der Waals surface area contributed by atoms with Gasteiger partial charge < -0.3 is 14.9 Å². The van der Waals surface area contributed by atoms with E-state index in [9.17, 15) is 14.7 Å². The molecule has 0 atom stereocenters. The fraction of sp³-hybridized carbons (Fsp3) is 0.190. The van der Waals surface area contributed by atoms with Crippen molar-refractivity contribution in [1.82, 2.24) is 14.8 Å². The number of halogens is 1. The molecule has 1 aromatic heterocycles. The van der Waals surface area contributed by atoms with Crippen molar-refractivity contribution in [3.8, 4) is 5.75 Å². The maximum Gasteiger partial charge on any atom is 0.256 e. The molecule has 2 aromatic carbocycles. The molecule has 142 valence electrons. The molecule has 0 spiro atoms. The van der Waals surface area contributed by atoms with E-state index in [2.05, 4.69) is 20.9 Å². The monoisotopic (exact) mass is 439 g/mol. The summed E-state index contributed by atoms with van der Waals surface area (Å²) in [5, 5.41) is 10.3. The van der Waals surface area contributed by atoms with Crippen molar-refractivity contribution < 1.29 is 14.7 Å². The summed E-state index contributed by atoms with van der Waals surface area (Å²) in [7, 11) is 0. The third-order valence-electron chi connectivity index (χ3n) is 4.87. The lowest BCUT2D eigenvalue weighted by Gasteiger charge is -2.35. The van der Waals surface area contributed by atoms with Crippen molar-refractivity contribution >= 4 is 38.6 Å². The first-order chi connectivity index (χ1) is 13.5. The molecule has 2 heterocycles. The van der Waals surface area contributed by atoms with Crippen LogP contribution in [0.1, 0.15) is 20.7 Å². The highest BCUT2D eigenvalue weighted by Crippen LogP contribution is 2.24. The number of piperazine rings is 1. The largest absolute Gasteiger partial charge is 0.508 e. The smallest absolute Gasteiger partial charge is 0.256 e. The maximum absolute atomic E-state index is 13.1. The van der Waals surface area contributed by atoms with E-state index < -0.39 is 0 Å². The lowest BCUT2D eigenvalue weighted by atomic mass is 10.1. The molecule has 1 aliphatic heterocycles. The number of carbonyl (C=O) groups is 2. The Bertz CT molecular complexity index is 1040. The number of carbonyl (C=O) groups excluding carboxylic acids is 2. The third kappa shape index (κ3) is 3.57. The van der Waals surface area contributed by atoms with E-state index >= 15 is 0 Å². The maximum atomic E-state index is 13.1. The van der Waals surface area contributed by atoms with Crippen molar-refractivity contribution in [2.75, 3.05) is 26.2 Å². The highest BCUT2D eigenvalue weighted by Gasteiger charge is 2.26. The zero-order valence-corrected chi connectivity index (χ0v) is 16.6. The molecule has 3 aromatic rings. The summed E-state index contributed by atoms with van der Waals surface area (Å²) in [6, 6.07) is 13.7. The zero-order chi connectivity index (χ0) is 19.7. The molecule has 1 saturated heterocycles. The Balaban J connectivity index is 1.49. The van der Waals surface area contributed by atoms with Crippen molar-refractivity contribution in [2.45, 2.75) is 0 Å². The Morgan fingerprint density at radius 1 is 0.929 bits per heavy atom. The Hall–Kier alpha value is -2.93. The number of hydrogen-bond donors (Lipinski definition) is 1. The number of pyridine rings is 1. The number of aromatic hydroxyl groups is 1. The molecule has 1 fully saturated rings. The summed E-state index contributed by atoms with van der Waals surface area (Å²) >= 11 is 3.47. The number of hydrogen-bond acceptors (Lipinski definition) is 4. The first kappa shape index (κ1) is 18.4. The molecule has 0 bridgehead atoms. The lowest BCUT2D eigenvalue weighted by Crippen LogP contribution is -2.50. The van der Waals surface area contributed by atoms with Gasteiger partial charge in [0, 0.05) is 47.8 Å². The number of amides is 2. The first-order valence-electron chi connectivity index (χ1n) is 8.95. The van der Waals surface area contributed by atoms with Crippen molar-refractivity contribution in [2.24, 2.45) is 0 Å². The van der Waals surface area contributed by atoms with Crippen molar-refractivity contribution in [3.05, 3.63) is 70.3 Å². The molecule has 1 aliphatic rings. The van der Waals surface area contributed by atoms with Gasteiger partial charge in [-0.1, -0.05) is 22.0 Å². The summed E-state index contributed by atoms with van der Waals surface area (Å²) in [5.74, 6) is -0.0507. The fourth-order valence-electron chi connectivity index (χ4n) is 3.39. The van der Waals surface area contributed by atoms with Crippen LogP contribution in [0.4, 0.5) is 0 Å². The van der Waals surface area contributed by atoms with E-state index in [1.165, 1.54) is 12.1 Å². The number of phenolic OH excluding ortho intramolecular Hbond substituents is 1. The van der Waals surface area contributed by atoms with E-state index in [1.54, 1.807) is 34.2 Å². The van der Waals surface area contributed by atoms with Crippen LogP contribution in [0, 0.1) is 0 Å². The highest BCUT2D eigenvalue weighted by molar-refractivity contribution is 9.10. The summed E-state index contributed by atoms with van der Waals surface area (Å²) < 4.78 is 0.831. The Kier molecular flexibility index (Phi) is 5.00. The molecular weight excluding hydrogens is 422 g/mol. The second-order valence-electron chi connectivity index (χ2n) is 6.66. The summed E-state index contributed by atoms with van der Waals surface area (Å²) in [4.78, 5) is 33.6. The number of aromatic nitrogens is 1. The van der Waals surface area contributed by atoms with Crippen LogP contribution < -0.4 is 0 Å². The molecule has 7 heteroatoms. The van der Waals surface area contributed by atoms with Gasteiger partial charge in [0.2, 0.25) is 0 Å². The van der Waals surface area contributed by atoms with Gasteiger partial charge in [0.05, 0.1) is 11.1 Å². The summed E-state index contributed by atoms with van der Waals surface area (Å²) in [6.07, 6.45) is 1.68. The topological polar surface area (TPSA) is 73.7 Å². The predicted molar refractivity (Wildman–Crippen MR) is 109 cm³/mol. The van der Waals surface area contributed by atoms with Crippen LogP contribution in [-0.4, -0.2) is 57.9 Å². The minimum Gasteiger partial charge on any atom is -0.508 e. The van der Waals surface area contributed by atoms with E-state index in [-0.39, 0.29) is 17.6 Å². The molecule has 0 unspecified atom stereocenters. The van der Waals surface area contributed by atoms with Crippen LogP contribution in [0.3, 0.4) is 0 Å². The molecule has 0 radical (unpaired) electrons. The average Bonchev–Trinajstić information content (AvgIpc) is 2.73. The molecule has 0 aliphatic carbocycles. The van der Waals surface area contributed by atoms with Gasteiger partial charge in [0.15, 0.2) is 0 Å². The lowest BCUT2D eigenvalue weighted by molar-refractivity contribution is 0.0536. The van der Waals surface area contributed by atoms with E-state index in [0.717, 1.165) is 9.86 Å². The van der Waals surface area contributed by atoms with Gasteiger partial charge in [-0.3, -0.25) is 14.6 Å². The zero-order valence-electron chi connectivity index (χ0n) is 15.0. The van der Waals surface area contributed by atoms with Gasteiger partial charge in [0.1, 0.15) is 5.75 Å². The van der Waals surface area contributed by atoms with Gasteiger partial charge in [-0.05, 0) is 42.5 Å². The molecular formula is C21H18BrN3O3. The Morgan fingerprint density at radius 3 is 2.25 bits per heavy atom. The van der Waals surface area contributed by atoms with Gasteiger partial charge >= 0.3 is 0 Å². The highest BCUT2D eigenvalue weighted by atomic mass is 79.9. The SMILES string of the molecule is O=C(c1ccc(O)cc1)N1CCN(C(=O)c2cc(Br)cc3cccnc23)CC1. The Morgan fingerprint density at radius 2 is 1.57 bits per heavy atom. The van der Waals surface area contributed by atoms with Gasteiger partial charge in [0.25, 0.3) is 11.8 Å². The van der Waals surface area contributed by atoms with E-state index in [0.29, 0.717) is 42.8 Å². The van der Waals surface area contributed by atoms with Crippen molar-refractivity contribution in [1.29, 1.82) is 0 Å². The van der Waals surface area contributed by atoms with Gasteiger partial charge in [-0.15, -0.1) is 0 Å². The molecule has 0 saturated carbocycles. The summed E-state index contributed by atoms with van der Waals surface area (Å²) in [6.45, 7) is 1.85. The van der Waals surface area contributed by atoms with Crippen LogP contribution in [0.2, 0.25) is 0 Å². The minimum atomic E-state index is -0.0957. The first-order valence-corrected chi connectivity index (χ1v) is 9.74. The van der Waals surface area contributed by atoms with Crippen LogP contribution in [0.5, 0.6) is 5.75 Å². The number of benzene rings is 2. The number of phenols is 1. The molecule has 1 N–H and O–H groups in total. The van der Waals surface area contributed by atoms with Crippen LogP contribution in [0.15, 0.2) is 59.2 Å². The van der Waals surface area contributed by atoms with Crippen molar-refractivity contribution in [3.63, 3.8) is 0 Å². The van der Waals surface area contributed by atoms with Crippen LogP contribution in [-0.2, 0) is 0 Å². The fourth-order valence-corrected chi connectivity index (χ4v) is 3.86. The number of rotatable bonds is 2. The summed E-state index contributed by atoms with van der Waals surface area (Å²) in [5.41, 5.74) is 1.77. The molecule has 2 amide bonds. The predicted octanol–water partition coefficient (Wildman–Crippen LogP) is 3.30. The van der Waals surface area contributed by atoms with Crippen LogP contribution >= 0.6 is 15.9 Å². The second kappa shape index (κ2) is 7.59. The number of nitrogens with zero attached hydrogens (tertiary/aromatic N) is 3. The van der Waals surface area contributed by atoms with Gasteiger partial charge in [-0.25, -0.2) is 0 Å². The Labute approximate surface area is 170 Å². The normalized spacial score (nSPS) is 14.3. The average molecular weight is 440 g/mol. The quantitative estimate of drug-likeness (QED) is 0.664. The van der Waals surface area contributed by atoms with E-state index in [1.807, 2.05) is 18.2 Å². The third-order valence-corrected chi connectivity index (χ3v) is 5.33. The second-order valence-corrected chi connectivity index (χ2v) is 7.58. The van der Waals surface area contributed by atoms with Crippen LogP contribution in [0.25, 0.3) is 10.9 Å². The molecule has 6 nitrogen and oxygen atoms in total. The van der Waals surface area contributed by atoms with Gasteiger partial charge in [-0.2, -0.15) is 0 Å². The molecule has 4 rings (SSSR count). The standard InChI is InChI=1S/C21H18BrN3O3/c22-16-12-15-2-1-7-23-19(15)18(13-16)21(28)25-10-8-24(9-11-25)20(27)14-3-5-17(26)6-4-14/h1-7,12-13,26H,8-11H2. The minimum absolute atomic E-state index is 0.0817. The van der Waals surface area contributed by atoms with E-state index in [4.69, 9.17) is 0 Å².